The second-order valence-corrected chi connectivity index (χ2v) is 4.66. The zero-order chi connectivity index (χ0) is 8.84. The van der Waals surface area contributed by atoms with Crippen molar-refractivity contribution in [3.63, 3.8) is 0 Å². The molecule has 0 radical (unpaired) electrons. The Balaban J connectivity index is 1.80. The first-order valence-corrected chi connectivity index (χ1v) is 5.38. The summed E-state index contributed by atoms with van der Waals surface area (Å²) in [6.07, 6.45) is 5.63. The molecule has 3 rings (SSSR count). The SMILES string of the molecule is O=C1CCC2C(CC3CCC2N3)N1. The molecule has 0 aromatic rings. The van der Waals surface area contributed by atoms with E-state index in [0.717, 1.165) is 25.2 Å². The molecule has 1 amide bonds. The van der Waals surface area contributed by atoms with Crippen LogP contribution >= 0.6 is 0 Å². The fraction of sp³-hybridized carbons (Fsp3) is 0.900. The minimum absolute atomic E-state index is 0.266. The average molecular weight is 180 g/mol. The average Bonchev–Trinajstić information content (AvgIpc) is 2.48. The lowest BCUT2D eigenvalue weighted by molar-refractivity contribution is -0.125. The molecule has 2 bridgehead atoms. The minimum atomic E-state index is 0.266. The van der Waals surface area contributed by atoms with Crippen LogP contribution in [0.2, 0.25) is 0 Å². The van der Waals surface area contributed by atoms with Gasteiger partial charge in [-0.15, -0.1) is 0 Å². The summed E-state index contributed by atoms with van der Waals surface area (Å²) in [5.41, 5.74) is 0. The first-order chi connectivity index (χ1) is 6.33. The molecule has 13 heavy (non-hydrogen) atoms. The molecule has 72 valence electrons. The molecular weight excluding hydrogens is 164 g/mol. The number of hydrogen-bond donors (Lipinski definition) is 2. The smallest absolute Gasteiger partial charge is 0.220 e. The van der Waals surface area contributed by atoms with Crippen molar-refractivity contribution < 1.29 is 4.79 Å². The van der Waals surface area contributed by atoms with Gasteiger partial charge in [-0.05, 0) is 31.6 Å². The van der Waals surface area contributed by atoms with Gasteiger partial charge >= 0.3 is 0 Å². The van der Waals surface area contributed by atoms with Crippen LogP contribution in [0.25, 0.3) is 0 Å². The van der Waals surface area contributed by atoms with Crippen LogP contribution in [0.15, 0.2) is 0 Å². The molecule has 4 unspecified atom stereocenters. The Bertz CT molecular complexity index is 241. The highest BCUT2D eigenvalue weighted by molar-refractivity contribution is 5.77. The maximum absolute atomic E-state index is 11.2. The van der Waals surface area contributed by atoms with Crippen LogP contribution in [0.4, 0.5) is 0 Å². The normalized spacial score (nSPS) is 48.5. The van der Waals surface area contributed by atoms with Gasteiger partial charge in [-0.3, -0.25) is 4.79 Å². The Labute approximate surface area is 78.3 Å². The number of fused-ring (bicyclic) bond motifs is 4. The van der Waals surface area contributed by atoms with E-state index >= 15 is 0 Å². The molecule has 3 aliphatic rings. The predicted molar refractivity (Wildman–Crippen MR) is 49.2 cm³/mol. The second-order valence-electron chi connectivity index (χ2n) is 4.66. The fourth-order valence-electron chi connectivity index (χ4n) is 3.28. The van der Waals surface area contributed by atoms with Crippen LogP contribution in [0.5, 0.6) is 0 Å². The lowest BCUT2D eigenvalue weighted by Crippen LogP contribution is -2.57. The van der Waals surface area contributed by atoms with Crippen molar-refractivity contribution >= 4 is 5.91 Å². The summed E-state index contributed by atoms with van der Waals surface area (Å²) in [6, 6.07) is 1.87. The Morgan fingerprint density at radius 1 is 1.15 bits per heavy atom. The van der Waals surface area contributed by atoms with Gasteiger partial charge < -0.3 is 10.6 Å². The first-order valence-electron chi connectivity index (χ1n) is 5.38. The topological polar surface area (TPSA) is 41.1 Å². The number of carbonyl (C=O) groups excluding carboxylic acids is 1. The van der Waals surface area contributed by atoms with E-state index in [2.05, 4.69) is 10.6 Å². The number of hydrogen-bond acceptors (Lipinski definition) is 2. The Hall–Kier alpha value is -0.570. The third-order valence-corrected chi connectivity index (χ3v) is 3.90. The Morgan fingerprint density at radius 2 is 2.08 bits per heavy atom. The van der Waals surface area contributed by atoms with Crippen molar-refractivity contribution in [1.82, 2.24) is 10.6 Å². The monoisotopic (exact) mass is 180 g/mol. The summed E-state index contributed by atoms with van der Waals surface area (Å²) in [5.74, 6) is 0.985. The maximum Gasteiger partial charge on any atom is 0.220 e. The van der Waals surface area contributed by atoms with Crippen LogP contribution < -0.4 is 10.6 Å². The number of nitrogens with one attached hydrogen (secondary N) is 2. The second kappa shape index (κ2) is 2.71. The molecule has 0 aromatic carbocycles. The molecule has 3 saturated heterocycles. The molecule has 0 aliphatic carbocycles. The van der Waals surface area contributed by atoms with Crippen LogP contribution in [-0.4, -0.2) is 24.0 Å². The minimum Gasteiger partial charge on any atom is -0.353 e. The molecule has 3 fully saturated rings. The fourth-order valence-corrected chi connectivity index (χ4v) is 3.28. The standard InChI is InChI=1S/C10H16N2O/c13-10-4-2-7-8-3-1-6(11-8)5-9(7)12-10/h6-9,11H,1-5H2,(H,12,13). The Kier molecular flexibility index (Phi) is 1.62. The van der Waals surface area contributed by atoms with Crippen LogP contribution in [-0.2, 0) is 4.79 Å². The summed E-state index contributed by atoms with van der Waals surface area (Å²) >= 11 is 0. The van der Waals surface area contributed by atoms with Gasteiger partial charge in [0.25, 0.3) is 0 Å². The van der Waals surface area contributed by atoms with Crippen LogP contribution in [0, 0.1) is 5.92 Å². The zero-order valence-electron chi connectivity index (χ0n) is 7.75. The van der Waals surface area contributed by atoms with Gasteiger partial charge in [-0.2, -0.15) is 0 Å². The molecule has 0 spiro atoms. The molecule has 2 N–H and O–H groups in total. The van der Waals surface area contributed by atoms with Crippen molar-refractivity contribution in [1.29, 1.82) is 0 Å². The van der Waals surface area contributed by atoms with Crippen molar-refractivity contribution in [2.24, 2.45) is 5.92 Å². The summed E-state index contributed by atoms with van der Waals surface area (Å²) in [4.78, 5) is 11.2. The van der Waals surface area contributed by atoms with Gasteiger partial charge in [0.2, 0.25) is 5.91 Å². The van der Waals surface area contributed by atoms with Gasteiger partial charge in [0.1, 0.15) is 0 Å². The summed E-state index contributed by atoms with van der Waals surface area (Å²) in [5, 5.41) is 6.79. The van der Waals surface area contributed by atoms with Gasteiger partial charge in [0.15, 0.2) is 0 Å². The van der Waals surface area contributed by atoms with E-state index in [0.29, 0.717) is 18.1 Å². The van der Waals surface area contributed by atoms with E-state index in [9.17, 15) is 4.79 Å². The van der Waals surface area contributed by atoms with Crippen LogP contribution in [0.1, 0.15) is 32.1 Å². The van der Waals surface area contributed by atoms with Gasteiger partial charge in [-0.25, -0.2) is 0 Å². The quantitative estimate of drug-likeness (QED) is 0.567. The zero-order valence-corrected chi connectivity index (χ0v) is 7.75. The van der Waals surface area contributed by atoms with E-state index in [1.165, 1.54) is 12.8 Å². The summed E-state index contributed by atoms with van der Waals surface area (Å²) < 4.78 is 0. The largest absolute Gasteiger partial charge is 0.353 e. The highest BCUT2D eigenvalue weighted by Crippen LogP contribution is 2.35. The third-order valence-electron chi connectivity index (χ3n) is 3.90. The Morgan fingerprint density at radius 3 is 3.00 bits per heavy atom. The van der Waals surface area contributed by atoms with Crippen molar-refractivity contribution in [2.45, 2.75) is 50.2 Å². The molecule has 4 atom stereocenters. The molecule has 0 saturated carbocycles. The number of rotatable bonds is 0. The van der Waals surface area contributed by atoms with E-state index in [1.807, 2.05) is 0 Å². The number of carbonyl (C=O) groups is 1. The molecule has 3 heteroatoms. The van der Waals surface area contributed by atoms with Crippen molar-refractivity contribution in [3.05, 3.63) is 0 Å². The highest BCUT2D eigenvalue weighted by atomic mass is 16.1. The number of piperidine rings is 2. The summed E-state index contributed by atoms with van der Waals surface area (Å²) in [6.45, 7) is 0. The van der Waals surface area contributed by atoms with Gasteiger partial charge in [0.05, 0.1) is 0 Å². The third kappa shape index (κ3) is 1.17. The van der Waals surface area contributed by atoms with Crippen molar-refractivity contribution in [3.8, 4) is 0 Å². The molecule has 3 nitrogen and oxygen atoms in total. The predicted octanol–water partition coefficient (Wildman–Crippen LogP) is 0.406. The van der Waals surface area contributed by atoms with E-state index in [-0.39, 0.29) is 5.91 Å². The van der Waals surface area contributed by atoms with E-state index < -0.39 is 0 Å². The first kappa shape index (κ1) is 7.80. The molecular formula is C10H16N2O. The number of amides is 1. The molecule has 0 aromatic heterocycles. The van der Waals surface area contributed by atoms with Crippen molar-refractivity contribution in [2.75, 3.05) is 0 Å². The van der Waals surface area contributed by atoms with Gasteiger partial charge in [-0.1, -0.05) is 0 Å². The lowest BCUT2D eigenvalue weighted by Gasteiger charge is -2.40. The van der Waals surface area contributed by atoms with Crippen LogP contribution in [0.3, 0.4) is 0 Å². The van der Waals surface area contributed by atoms with E-state index in [1.54, 1.807) is 0 Å². The maximum atomic E-state index is 11.2. The van der Waals surface area contributed by atoms with E-state index in [4.69, 9.17) is 0 Å². The summed E-state index contributed by atoms with van der Waals surface area (Å²) in [7, 11) is 0. The lowest BCUT2D eigenvalue weighted by atomic mass is 9.81. The van der Waals surface area contributed by atoms with Gasteiger partial charge in [0, 0.05) is 24.5 Å². The molecule has 3 aliphatic heterocycles. The molecule has 3 heterocycles. The highest BCUT2D eigenvalue weighted by Gasteiger charge is 2.43.